The van der Waals surface area contributed by atoms with E-state index in [1.807, 2.05) is 49.3 Å². The highest BCUT2D eigenvalue weighted by molar-refractivity contribution is 5.85. The molecule has 0 aliphatic carbocycles. The number of carboxylic acids is 1. The fraction of sp³-hybridized carbons (Fsp3) is 0.679. The molecule has 1 aromatic rings. The van der Waals surface area contributed by atoms with Crippen LogP contribution in [0.5, 0.6) is 0 Å². The van der Waals surface area contributed by atoms with Crippen molar-refractivity contribution in [1.82, 2.24) is 15.1 Å². The molecule has 0 spiro atoms. The summed E-state index contributed by atoms with van der Waals surface area (Å²) >= 11 is 0. The quantitative estimate of drug-likeness (QED) is 0.389. The summed E-state index contributed by atoms with van der Waals surface area (Å²) in [6, 6.07) is 7.94. The fourth-order valence-electron chi connectivity index (χ4n) is 5.63. The SMILES string of the molecule is CO[C@H]([C@@H](C)C(=O)N[C@@H](Cc1ccccc1)C(=O)O)[C@@H]1CCCN1C(=O)C[C@@H](OC)C(C(C)C)N(C)C. The molecule has 0 bridgehead atoms. The number of methoxy groups -OCH3 is 2. The van der Waals surface area contributed by atoms with Gasteiger partial charge < -0.3 is 29.7 Å². The monoisotopic (exact) mass is 519 g/mol. The van der Waals surface area contributed by atoms with Gasteiger partial charge in [0.05, 0.1) is 30.6 Å². The number of nitrogens with one attached hydrogen (secondary N) is 1. The van der Waals surface area contributed by atoms with Crippen LogP contribution < -0.4 is 5.32 Å². The van der Waals surface area contributed by atoms with E-state index in [0.717, 1.165) is 12.0 Å². The summed E-state index contributed by atoms with van der Waals surface area (Å²) in [5.41, 5.74) is 0.823. The molecule has 0 aromatic heterocycles. The van der Waals surface area contributed by atoms with E-state index in [1.165, 1.54) is 7.11 Å². The van der Waals surface area contributed by atoms with E-state index >= 15 is 0 Å². The fourth-order valence-corrected chi connectivity index (χ4v) is 5.63. The van der Waals surface area contributed by atoms with Crippen molar-refractivity contribution in [2.75, 3.05) is 34.9 Å². The zero-order chi connectivity index (χ0) is 27.7. The number of amides is 2. The molecule has 9 heteroatoms. The van der Waals surface area contributed by atoms with E-state index in [2.05, 4.69) is 24.1 Å². The maximum atomic E-state index is 13.5. The zero-order valence-electron chi connectivity index (χ0n) is 23.3. The van der Waals surface area contributed by atoms with Crippen LogP contribution in [0.1, 0.15) is 45.6 Å². The molecule has 1 aromatic carbocycles. The number of hydrogen-bond acceptors (Lipinski definition) is 6. The molecule has 2 N–H and O–H groups in total. The molecule has 1 fully saturated rings. The number of carbonyl (C=O) groups is 3. The Balaban J connectivity index is 2.12. The molecule has 2 rings (SSSR count). The van der Waals surface area contributed by atoms with Crippen LogP contribution in [-0.2, 0) is 30.3 Å². The first-order valence-electron chi connectivity index (χ1n) is 13.1. The molecule has 0 radical (unpaired) electrons. The van der Waals surface area contributed by atoms with Gasteiger partial charge in [0, 0.05) is 33.2 Å². The van der Waals surface area contributed by atoms with Gasteiger partial charge in [-0.1, -0.05) is 51.1 Å². The van der Waals surface area contributed by atoms with Crippen LogP contribution in [0.25, 0.3) is 0 Å². The number of hydrogen-bond donors (Lipinski definition) is 2. The lowest BCUT2D eigenvalue weighted by Crippen LogP contribution is -2.53. The van der Waals surface area contributed by atoms with Crippen molar-refractivity contribution in [2.45, 2.75) is 76.8 Å². The van der Waals surface area contributed by atoms with Crippen LogP contribution in [0.2, 0.25) is 0 Å². The lowest BCUT2D eigenvalue weighted by atomic mass is 9.92. The average molecular weight is 520 g/mol. The van der Waals surface area contributed by atoms with Crippen LogP contribution in [-0.4, -0.2) is 97.9 Å². The van der Waals surface area contributed by atoms with Gasteiger partial charge in [0.15, 0.2) is 0 Å². The maximum absolute atomic E-state index is 13.5. The lowest BCUT2D eigenvalue weighted by molar-refractivity contribution is -0.145. The van der Waals surface area contributed by atoms with Crippen LogP contribution in [0.15, 0.2) is 30.3 Å². The van der Waals surface area contributed by atoms with Gasteiger partial charge >= 0.3 is 5.97 Å². The molecule has 1 aliphatic heterocycles. The number of likely N-dealkylation sites (tertiary alicyclic amines) is 1. The Morgan fingerprint density at radius 3 is 2.27 bits per heavy atom. The lowest BCUT2D eigenvalue weighted by Gasteiger charge is -2.37. The van der Waals surface area contributed by atoms with Gasteiger partial charge in [0.25, 0.3) is 0 Å². The Kier molecular flexibility index (Phi) is 12.0. The second-order valence-electron chi connectivity index (χ2n) is 10.6. The summed E-state index contributed by atoms with van der Waals surface area (Å²) < 4.78 is 11.5. The summed E-state index contributed by atoms with van der Waals surface area (Å²) in [6.45, 7) is 6.55. The maximum Gasteiger partial charge on any atom is 0.326 e. The summed E-state index contributed by atoms with van der Waals surface area (Å²) in [4.78, 5) is 42.4. The minimum absolute atomic E-state index is 0.0241. The number of carbonyl (C=O) groups excluding carboxylic acids is 2. The highest BCUT2D eigenvalue weighted by Gasteiger charge is 2.41. The van der Waals surface area contributed by atoms with Crippen molar-refractivity contribution in [3.05, 3.63) is 35.9 Å². The van der Waals surface area contributed by atoms with Gasteiger partial charge in [-0.05, 0) is 38.4 Å². The third-order valence-corrected chi connectivity index (χ3v) is 7.41. The Hall–Kier alpha value is -2.49. The minimum atomic E-state index is -1.10. The molecule has 2 amide bonds. The number of rotatable bonds is 14. The smallest absolute Gasteiger partial charge is 0.326 e. The van der Waals surface area contributed by atoms with Gasteiger partial charge in [-0.2, -0.15) is 0 Å². The third-order valence-electron chi connectivity index (χ3n) is 7.41. The minimum Gasteiger partial charge on any atom is -0.480 e. The van der Waals surface area contributed by atoms with Crippen molar-refractivity contribution >= 4 is 17.8 Å². The van der Waals surface area contributed by atoms with Crippen molar-refractivity contribution in [3.63, 3.8) is 0 Å². The molecule has 37 heavy (non-hydrogen) atoms. The van der Waals surface area contributed by atoms with E-state index in [4.69, 9.17) is 9.47 Å². The molecule has 9 nitrogen and oxygen atoms in total. The van der Waals surface area contributed by atoms with Gasteiger partial charge in [-0.3, -0.25) is 9.59 Å². The van der Waals surface area contributed by atoms with E-state index < -0.39 is 29.9 Å². The standard InChI is InChI=1S/C28H45N3O6/c1-18(2)25(30(4)5)23(36-6)17-24(32)31-15-11-14-22(31)26(37-7)19(3)27(33)29-21(28(34)35)16-20-12-9-8-10-13-20/h8-10,12-13,18-19,21-23,25-26H,11,14-17H2,1-7H3,(H,29,33)(H,34,35)/t19-,21+,22+,23-,25?,26-/m1/s1. The summed E-state index contributed by atoms with van der Waals surface area (Å²) in [6.07, 6.45) is 1.13. The van der Waals surface area contributed by atoms with Crippen molar-refractivity contribution in [3.8, 4) is 0 Å². The molecule has 1 aliphatic rings. The molecule has 0 saturated carbocycles. The first-order valence-corrected chi connectivity index (χ1v) is 13.1. The average Bonchev–Trinajstić information content (AvgIpc) is 3.33. The first-order chi connectivity index (χ1) is 17.5. The van der Waals surface area contributed by atoms with Crippen molar-refractivity contribution < 1.29 is 29.0 Å². The van der Waals surface area contributed by atoms with Gasteiger partial charge in [-0.15, -0.1) is 0 Å². The number of aliphatic carboxylic acids is 1. The predicted molar refractivity (Wildman–Crippen MR) is 142 cm³/mol. The molecule has 1 unspecified atom stereocenters. The number of carboxylic acid groups (broad SMARTS) is 1. The molecule has 6 atom stereocenters. The predicted octanol–water partition coefficient (Wildman–Crippen LogP) is 2.43. The van der Waals surface area contributed by atoms with Crippen molar-refractivity contribution in [1.29, 1.82) is 0 Å². The van der Waals surface area contributed by atoms with Crippen LogP contribution in [0.3, 0.4) is 0 Å². The summed E-state index contributed by atoms with van der Waals surface area (Å²) in [5.74, 6) is -1.87. The van der Waals surface area contributed by atoms with E-state index in [0.29, 0.717) is 18.9 Å². The second-order valence-corrected chi connectivity index (χ2v) is 10.6. The van der Waals surface area contributed by atoms with Crippen molar-refractivity contribution in [2.24, 2.45) is 11.8 Å². The molecular formula is C28H45N3O6. The molecule has 208 valence electrons. The Morgan fingerprint density at radius 2 is 1.76 bits per heavy atom. The van der Waals surface area contributed by atoms with Gasteiger partial charge in [-0.25, -0.2) is 4.79 Å². The normalized spacial score (nSPS) is 19.9. The number of ether oxygens (including phenoxy) is 2. The molecule has 1 saturated heterocycles. The summed E-state index contributed by atoms with van der Waals surface area (Å²) in [7, 11) is 7.15. The van der Waals surface area contributed by atoms with Crippen LogP contribution in [0.4, 0.5) is 0 Å². The largest absolute Gasteiger partial charge is 0.480 e. The number of likely N-dealkylation sites (N-methyl/N-ethyl adjacent to an activating group) is 1. The Morgan fingerprint density at radius 1 is 1.11 bits per heavy atom. The zero-order valence-corrected chi connectivity index (χ0v) is 23.3. The first kappa shape index (κ1) is 30.7. The van der Waals surface area contributed by atoms with Crippen LogP contribution in [0, 0.1) is 11.8 Å². The number of benzene rings is 1. The Bertz CT molecular complexity index is 870. The van der Waals surface area contributed by atoms with E-state index in [9.17, 15) is 19.5 Å². The van der Waals surface area contributed by atoms with Gasteiger partial charge in [0.1, 0.15) is 6.04 Å². The van der Waals surface area contributed by atoms with E-state index in [-0.39, 0.29) is 36.9 Å². The van der Waals surface area contributed by atoms with E-state index in [1.54, 1.807) is 14.0 Å². The topological polar surface area (TPSA) is 108 Å². The molecular weight excluding hydrogens is 474 g/mol. The molecule has 1 heterocycles. The highest BCUT2D eigenvalue weighted by Crippen LogP contribution is 2.28. The summed E-state index contributed by atoms with van der Waals surface area (Å²) in [5, 5.41) is 12.4. The third kappa shape index (κ3) is 8.25. The Labute approximate surface area is 221 Å². The highest BCUT2D eigenvalue weighted by atomic mass is 16.5. The van der Waals surface area contributed by atoms with Crippen LogP contribution >= 0.6 is 0 Å². The number of nitrogens with zero attached hydrogens (tertiary/aromatic N) is 2. The second kappa shape index (κ2) is 14.4. The van der Waals surface area contributed by atoms with Gasteiger partial charge in [0.2, 0.25) is 11.8 Å².